The minimum atomic E-state index is 0.145. The fourth-order valence-corrected chi connectivity index (χ4v) is 5.44. The molecule has 0 saturated heterocycles. The number of benzene rings is 1. The number of thiazole rings is 1. The third-order valence-corrected chi connectivity index (χ3v) is 7.32. The second-order valence-electron chi connectivity index (χ2n) is 9.63. The molecule has 0 saturated carbocycles. The van der Waals surface area contributed by atoms with Gasteiger partial charge in [-0.25, -0.2) is 4.98 Å². The van der Waals surface area contributed by atoms with Crippen LogP contribution in [0.2, 0.25) is 0 Å². The van der Waals surface area contributed by atoms with Crippen molar-refractivity contribution in [1.29, 1.82) is 0 Å². The maximum absolute atomic E-state index is 13.4. The van der Waals surface area contributed by atoms with E-state index < -0.39 is 0 Å². The first kappa shape index (κ1) is 25.4. The lowest BCUT2D eigenvalue weighted by molar-refractivity contribution is -0.131. The Morgan fingerprint density at radius 1 is 0.970 bits per heavy atom. The van der Waals surface area contributed by atoms with Crippen LogP contribution in [0.5, 0.6) is 0 Å². The van der Waals surface area contributed by atoms with E-state index in [1.165, 1.54) is 12.8 Å². The summed E-state index contributed by atoms with van der Waals surface area (Å²) in [6.07, 6.45) is 7.62. The van der Waals surface area contributed by atoms with E-state index in [1.807, 2.05) is 41.8 Å². The molecule has 1 aromatic heterocycles. The van der Waals surface area contributed by atoms with Crippen LogP contribution < -0.4 is 4.90 Å². The van der Waals surface area contributed by atoms with Crippen molar-refractivity contribution < 1.29 is 9.59 Å². The van der Waals surface area contributed by atoms with E-state index in [2.05, 4.69) is 24.9 Å². The second kappa shape index (κ2) is 12.3. The number of aromatic nitrogens is 1. The standard InChI is InChI=1S/C27H39N3O2S/c1-20(2)17-27(32)30-16-12-8-6-5-7-11-15-29(19-23-13-9-10-14-24(23)30)26(31)18-25-21(3)28-22(4)33-25/h9-10,13-14,20H,5-8,11-12,15-19H2,1-4H3. The summed E-state index contributed by atoms with van der Waals surface area (Å²) < 4.78 is 0. The van der Waals surface area contributed by atoms with E-state index >= 15 is 0 Å². The minimum absolute atomic E-state index is 0.145. The molecule has 0 unspecified atom stereocenters. The van der Waals surface area contributed by atoms with Gasteiger partial charge in [0.25, 0.3) is 0 Å². The quantitative estimate of drug-likeness (QED) is 0.546. The molecule has 2 heterocycles. The van der Waals surface area contributed by atoms with Gasteiger partial charge in [-0.1, -0.05) is 57.7 Å². The predicted octanol–water partition coefficient (Wildman–Crippen LogP) is 6.06. The van der Waals surface area contributed by atoms with Crippen molar-refractivity contribution >= 4 is 28.8 Å². The Morgan fingerprint density at radius 2 is 1.64 bits per heavy atom. The number of nitrogens with zero attached hydrogens (tertiary/aromatic N) is 3. The first-order valence-corrected chi connectivity index (χ1v) is 13.3. The second-order valence-corrected chi connectivity index (χ2v) is 10.9. The summed E-state index contributed by atoms with van der Waals surface area (Å²) in [5, 5.41) is 1.00. The van der Waals surface area contributed by atoms with Crippen molar-refractivity contribution in [2.24, 2.45) is 5.92 Å². The lowest BCUT2D eigenvalue weighted by Crippen LogP contribution is -2.36. The van der Waals surface area contributed by atoms with Gasteiger partial charge in [0.05, 0.1) is 17.1 Å². The van der Waals surface area contributed by atoms with E-state index in [0.717, 1.165) is 65.6 Å². The van der Waals surface area contributed by atoms with E-state index in [1.54, 1.807) is 11.3 Å². The van der Waals surface area contributed by atoms with Crippen molar-refractivity contribution in [2.75, 3.05) is 18.0 Å². The molecular formula is C27H39N3O2S. The van der Waals surface area contributed by atoms with Gasteiger partial charge >= 0.3 is 0 Å². The Kier molecular flexibility index (Phi) is 9.48. The molecular weight excluding hydrogens is 430 g/mol. The predicted molar refractivity (Wildman–Crippen MR) is 137 cm³/mol. The van der Waals surface area contributed by atoms with Crippen LogP contribution in [0.1, 0.15) is 79.9 Å². The minimum Gasteiger partial charge on any atom is -0.338 e. The molecule has 0 atom stereocenters. The fraction of sp³-hybridized carbons (Fsp3) is 0.593. The number of para-hydroxylation sites is 1. The molecule has 2 aromatic rings. The van der Waals surface area contributed by atoms with E-state index in [0.29, 0.717) is 25.3 Å². The zero-order valence-corrected chi connectivity index (χ0v) is 21.5. The van der Waals surface area contributed by atoms with Crippen LogP contribution >= 0.6 is 11.3 Å². The molecule has 0 spiro atoms. The average Bonchev–Trinajstić information content (AvgIpc) is 3.08. The van der Waals surface area contributed by atoms with E-state index in [-0.39, 0.29) is 11.8 Å². The zero-order chi connectivity index (χ0) is 23.8. The van der Waals surface area contributed by atoms with E-state index in [4.69, 9.17) is 0 Å². The summed E-state index contributed by atoms with van der Waals surface area (Å²) in [6, 6.07) is 8.14. The normalized spacial score (nSPS) is 16.0. The van der Waals surface area contributed by atoms with Crippen molar-refractivity contribution in [3.63, 3.8) is 0 Å². The Hall–Kier alpha value is -2.21. The molecule has 0 bridgehead atoms. The summed E-state index contributed by atoms with van der Waals surface area (Å²) in [5.74, 6) is 0.644. The maximum atomic E-state index is 13.4. The molecule has 3 rings (SSSR count). The fourth-order valence-electron chi connectivity index (χ4n) is 4.51. The Balaban J connectivity index is 1.88. The molecule has 1 aliphatic rings. The Morgan fingerprint density at radius 3 is 2.30 bits per heavy atom. The first-order chi connectivity index (χ1) is 15.8. The number of amides is 2. The molecule has 1 aromatic carbocycles. The third-order valence-electron chi connectivity index (χ3n) is 6.25. The summed E-state index contributed by atoms with van der Waals surface area (Å²) >= 11 is 1.62. The Labute approximate surface area is 203 Å². The smallest absolute Gasteiger partial charge is 0.228 e. The largest absolute Gasteiger partial charge is 0.338 e. The number of carbonyl (C=O) groups excluding carboxylic acids is 2. The highest BCUT2D eigenvalue weighted by Crippen LogP contribution is 2.26. The molecule has 180 valence electrons. The van der Waals surface area contributed by atoms with Crippen molar-refractivity contribution in [1.82, 2.24) is 9.88 Å². The topological polar surface area (TPSA) is 53.5 Å². The van der Waals surface area contributed by atoms with Crippen LogP contribution in [0.4, 0.5) is 5.69 Å². The SMILES string of the molecule is Cc1nc(C)c(CC(=O)N2CCCCCCCCN(C(=O)CC(C)C)c3ccccc3C2)s1. The number of anilines is 1. The molecule has 6 heteroatoms. The molecule has 2 amide bonds. The zero-order valence-electron chi connectivity index (χ0n) is 20.7. The van der Waals surface area contributed by atoms with Gasteiger partial charge in [0.15, 0.2) is 0 Å². The van der Waals surface area contributed by atoms with Crippen LogP contribution in [0.25, 0.3) is 0 Å². The van der Waals surface area contributed by atoms with E-state index in [9.17, 15) is 9.59 Å². The molecule has 1 aliphatic heterocycles. The molecule has 33 heavy (non-hydrogen) atoms. The number of hydrogen-bond donors (Lipinski definition) is 0. The van der Waals surface area contributed by atoms with Gasteiger partial charge in [0, 0.05) is 36.6 Å². The highest BCUT2D eigenvalue weighted by atomic mass is 32.1. The van der Waals surface area contributed by atoms with Gasteiger partial charge in [0.2, 0.25) is 11.8 Å². The number of aryl methyl sites for hydroxylation is 2. The van der Waals surface area contributed by atoms with Gasteiger partial charge in [-0.2, -0.15) is 0 Å². The van der Waals surface area contributed by atoms with Crippen molar-refractivity contribution in [2.45, 2.75) is 85.6 Å². The van der Waals surface area contributed by atoms with Crippen LogP contribution in [0.3, 0.4) is 0 Å². The third kappa shape index (κ3) is 7.39. The van der Waals surface area contributed by atoms with Crippen LogP contribution in [0, 0.1) is 19.8 Å². The van der Waals surface area contributed by atoms with Gasteiger partial charge in [-0.05, 0) is 44.2 Å². The van der Waals surface area contributed by atoms with Gasteiger partial charge in [-0.15, -0.1) is 11.3 Å². The molecule has 0 aliphatic carbocycles. The summed E-state index contributed by atoms with van der Waals surface area (Å²) in [4.78, 5) is 36.1. The number of carbonyl (C=O) groups is 2. The highest BCUT2D eigenvalue weighted by molar-refractivity contribution is 7.11. The van der Waals surface area contributed by atoms with Crippen molar-refractivity contribution in [3.05, 3.63) is 45.4 Å². The maximum Gasteiger partial charge on any atom is 0.228 e. The van der Waals surface area contributed by atoms with Crippen molar-refractivity contribution in [3.8, 4) is 0 Å². The lowest BCUT2D eigenvalue weighted by atomic mass is 10.1. The van der Waals surface area contributed by atoms with Crippen LogP contribution in [0.15, 0.2) is 24.3 Å². The number of fused-ring (bicyclic) bond motifs is 1. The summed E-state index contributed by atoms with van der Waals surface area (Å²) in [5.41, 5.74) is 2.98. The monoisotopic (exact) mass is 469 g/mol. The van der Waals surface area contributed by atoms with Gasteiger partial charge < -0.3 is 9.80 Å². The lowest BCUT2D eigenvalue weighted by Gasteiger charge is -2.29. The molecule has 0 N–H and O–H groups in total. The molecule has 0 radical (unpaired) electrons. The number of rotatable bonds is 4. The highest BCUT2D eigenvalue weighted by Gasteiger charge is 2.23. The number of hydrogen-bond acceptors (Lipinski definition) is 4. The van der Waals surface area contributed by atoms with Gasteiger partial charge in [-0.3, -0.25) is 9.59 Å². The Bertz CT molecular complexity index is 937. The molecule has 5 nitrogen and oxygen atoms in total. The van der Waals surface area contributed by atoms with Gasteiger partial charge in [0.1, 0.15) is 0 Å². The molecule has 0 fully saturated rings. The first-order valence-electron chi connectivity index (χ1n) is 12.4. The summed E-state index contributed by atoms with van der Waals surface area (Å²) in [6.45, 7) is 10.2. The summed E-state index contributed by atoms with van der Waals surface area (Å²) in [7, 11) is 0. The van der Waals surface area contributed by atoms with Crippen LogP contribution in [-0.4, -0.2) is 34.8 Å². The average molecular weight is 470 g/mol. The van der Waals surface area contributed by atoms with Crippen LogP contribution in [-0.2, 0) is 22.6 Å².